The van der Waals surface area contributed by atoms with E-state index in [0.717, 1.165) is 0 Å². The van der Waals surface area contributed by atoms with Crippen LogP contribution < -0.4 is 0 Å². The van der Waals surface area contributed by atoms with Gasteiger partial charge in [0.1, 0.15) is 6.10 Å². The highest BCUT2D eigenvalue weighted by Crippen LogP contribution is 2.17. The summed E-state index contributed by atoms with van der Waals surface area (Å²) in [5.74, 6) is 0. The number of epoxide rings is 1. The standard InChI is InChI=1S/C7H12O3/c1-2-5(8)3-6(9)7-4-10-7/h2,5-9H,1,3-4H2/t5?,6?,7-/m1/s1. The minimum Gasteiger partial charge on any atom is -0.390 e. The van der Waals surface area contributed by atoms with Crippen molar-refractivity contribution >= 4 is 0 Å². The number of rotatable bonds is 4. The van der Waals surface area contributed by atoms with E-state index in [0.29, 0.717) is 13.0 Å². The molecule has 0 radical (unpaired) electrons. The molecule has 2 unspecified atom stereocenters. The minimum atomic E-state index is -0.612. The molecular weight excluding hydrogens is 132 g/mol. The molecule has 1 fully saturated rings. The quantitative estimate of drug-likeness (QED) is 0.420. The lowest BCUT2D eigenvalue weighted by molar-refractivity contribution is 0.0812. The van der Waals surface area contributed by atoms with Crippen LogP contribution >= 0.6 is 0 Å². The zero-order valence-electron chi connectivity index (χ0n) is 5.73. The molecule has 3 heteroatoms. The lowest BCUT2D eigenvalue weighted by Crippen LogP contribution is -2.20. The molecule has 1 aliphatic heterocycles. The van der Waals surface area contributed by atoms with Crippen molar-refractivity contribution in [1.29, 1.82) is 0 Å². The zero-order chi connectivity index (χ0) is 7.56. The van der Waals surface area contributed by atoms with Crippen LogP contribution in [0.3, 0.4) is 0 Å². The van der Waals surface area contributed by atoms with Gasteiger partial charge in [-0.25, -0.2) is 0 Å². The van der Waals surface area contributed by atoms with Crippen LogP contribution in [0.25, 0.3) is 0 Å². The molecule has 0 amide bonds. The predicted octanol–water partition coefficient (Wildman–Crippen LogP) is -0.317. The number of ether oxygens (including phenoxy) is 1. The van der Waals surface area contributed by atoms with Crippen LogP contribution in [0.5, 0.6) is 0 Å². The van der Waals surface area contributed by atoms with E-state index in [4.69, 9.17) is 14.9 Å². The number of aliphatic hydroxyl groups excluding tert-OH is 2. The molecule has 2 N–H and O–H groups in total. The second-order valence-electron chi connectivity index (χ2n) is 2.48. The maximum absolute atomic E-state index is 9.16. The second kappa shape index (κ2) is 3.14. The lowest BCUT2D eigenvalue weighted by Gasteiger charge is -2.08. The van der Waals surface area contributed by atoms with E-state index in [9.17, 15) is 0 Å². The van der Waals surface area contributed by atoms with Crippen molar-refractivity contribution in [2.45, 2.75) is 24.7 Å². The minimum absolute atomic E-state index is 0.0467. The summed E-state index contributed by atoms with van der Waals surface area (Å²) in [5, 5.41) is 18.1. The van der Waals surface area contributed by atoms with Gasteiger partial charge in [-0.05, 0) is 0 Å². The van der Waals surface area contributed by atoms with Crippen molar-refractivity contribution in [2.75, 3.05) is 6.61 Å². The number of hydrogen-bond donors (Lipinski definition) is 2. The SMILES string of the molecule is C=CC(O)CC(O)[C@H]1CO1. The highest BCUT2D eigenvalue weighted by atomic mass is 16.6. The van der Waals surface area contributed by atoms with Crippen molar-refractivity contribution in [3.05, 3.63) is 12.7 Å². The highest BCUT2D eigenvalue weighted by Gasteiger charge is 2.31. The molecule has 3 nitrogen and oxygen atoms in total. The average Bonchev–Trinajstić information content (AvgIpc) is 2.68. The molecule has 1 rings (SSSR count). The number of aliphatic hydroxyl groups is 2. The molecule has 1 aliphatic rings. The maximum Gasteiger partial charge on any atom is 0.107 e. The van der Waals surface area contributed by atoms with E-state index in [1.165, 1.54) is 6.08 Å². The molecule has 0 bridgehead atoms. The van der Waals surface area contributed by atoms with Gasteiger partial charge in [-0.15, -0.1) is 6.58 Å². The summed E-state index contributed by atoms with van der Waals surface area (Å²) in [5.41, 5.74) is 0. The normalized spacial score (nSPS) is 29.2. The van der Waals surface area contributed by atoms with Gasteiger partial charge in [-0.2, -0.15) is 0 Å². The summed E-state index contributed by atoms with van der Waals surface area (Å²) in [6.45, 7) is 4.01. The Morgan fingerprint density at radius 1 is 1.70 bits per heavy atom. The van der Waals surface area contributed by atoms with Gasteiger partial charge in [0.05, 0.1) is 18.8 Å². The van der Waals surface area contributed by atoms with Gasteiger partial charge in [0, 0.05) is 6.42 Å². The Bertz CT molecular complexity index is 120. The molecule has 10 heavy (non-hydrogen) atoms. The topological polar surface area (TPSA) is 53.0 Å². The molecule has 3 atom stereocenters. The van der Waals surface area contributed by atoms with E-state index < -0.39 is 12.2 Å². The van der Waals surface area contributed by atoms with E-state index in [2.05, 4.69) is 6.58 Å². The summed E-state index contributed by atoms with van der Waals surface area (Å²) in [4.78, 5) is 0. The van der Waals surface area contributed by atoms with E-state index in [-0.39, 0.29) is 6.10 Å². The molecule has 0 aromatic heterocycles. The predicted molar refractivity (Wildman–Crippen MR) is 36.6 cm³/mol. The Kier molecular flexibility index (Phi) is 2.43. The van der Waals surface area contributed by atoms with Crippen LogP contribution in [0.4, 0.5) is 0 Å². The molecule has 0 saturated carbocycles. The van der Waals surface area contributed by atoms with E-state index in [1.54, 1.807) is 0 Å². The summed E-state index contributed by atoms with van der Waals surface area (Å²) in [6, 6.07) is 0. The Labute approximate surface area is 59.9 Å². The third-order valence-electron chi connectivity index (χ3n) is 1.54. The summed E-state index contributed by atoms with van der Waals surface area (Å²) in [7, 11) is 0. The summed E-state index contributed by atoms with van der Waals surface area (Å²) >= 11 is 0. The second-order valence-corrected chi connectivity index (χ2v) is 2.48. The van der Waals surface area contributed by atoms with Gasteiger partial charge in [-0.3, -0.25) is 0 Å². The molecule has 1 heterocycles. The Balaban J connectivity index is 2.15. The largest absolute Gasteiger partial charge is 0.390 e. The molecule has 0 aliphatic carbocycles. The molecular formula is C7H12O3. The summed E-state index contributed by atoms with van der Waals surface area (Å²) < 4.78 is 4.82. The fraction of sp³-hybridized carbons (Fsp3) is 0.714. The van der Waals surface area contributed by atoms with Crippen LogP contribution in [-0.4, -0.2) is 35.1 Å². The fourth-order valence-electron chi connectivity index (χ4n) is 0.773. The average molecular weight is 144 g/mol. The van der Waals surface area contributed by atoms with Crippen molar-refractivity contribution < 1.29 is 14.9 Å². The van der Waals surface area contributed by atoms with Crippen molar-refractivity contribution in [2.24, 2.45) is 0 Å². The van der Waals surface area contributed by atoms with Gasteiger partial charge < -0.3 is 14.9 Å². The Morgan fingerprint density at radius 2 is 2.30 bits per heavy atom. The zero-order valence-corrected chi connectivity index (χ0v) is 5.73. The monoisotopic (exact) mass is 144 g/mol. The van der Waals surface area contributed by atoms with Crippen LogP contribution in [0.2, 0.25) is 0 Å². The first-order valence-corrected chi connectivity index (χ1v) is 3.34. The Morgan fingerprint density at radius 3 is 2.70 bits per heavy atom. The van der Waals surface area contributed by atoms with Crippen molar-refractivity contribution in [1.82, 2.24) is 0 Å². The third kappa shape index (κ3) is 2.10. The summed E-state index contributed by atoms with van der Waals surface area (Å²) in [6.07, 6.45) is 0.543. The van der Waals surface area contributed by atoms with Gasteiger partial charge >= 0.3 is 0 Å². The molecule has 0 spiro atoms. The Hall–Kier alpha value is -0.380. The maximum atomic E-state index is 9.16. The van der Waals surface area contributed by atoms with Crippen molar-refractivity contribution in [3.8, 4) is 0 Å². The molecule has 0 aromatic rings. The van der Waals surface area contributed by atoms with E-state index in [1.807, 2.05) is 0 Å². The lowest BCUT2D eigenvalue weighted by atomic mass is 10.1. The first-order chi connectivity index (χ1) is 4.74. The first kappa shape index (κ1) is 7.72. The van der Waals surface area contributed by atoms with Crippen molar-refractivity contribution in [3.63, 3.8) is 0 Å². The van der Waals surface area contributed by atoms with Crippen LogP contribution in [0.15, 0.2) is 12.7 Å². The van der Waals surface area contributed by atoms with Gasteiger partial charge in [0.2, 0.25) is 0 Å². The van der Waals surface area contributed by atoms with Crippen LogP contribution in [0.1, 0.15) is 6.42 Å². The first-order valence-electron chi connectivity index (χ1n) is 3.34. The fourth-order valence-corrected chi connectivity index (χ4v) is 0.773. The molecule has 1 saturated heterocycles. The molecule has 58 valence electrons. The van der Waals surface area contributed by atoms with Gasteiger partial charge in [0.15, 0.2) is 0 Å². The number of hydrogen-bond acceptors (Lipinski definition) is 3. The third-order valence-corrected chi connectivity index (χ3v) is 1.54. The van der Waals surface area contributed by atoms with Crippen LogP contribution in [-0.2, 0) is 4.74 Å². The smallest absolute Gasteiger partial charge is 0.107 e. The van der Waals surface area contributed by atoms with E-state index >= 15 is 0 Å². The van der Waals surface area contributed by atoms with Gasteiger partial charge in [-0.1, -0.05) is 6.08 Å². The molecule has 0 aromatic carbocycles. The van der Waals surface area contributed by atoms with Gasteiger partial charge in [0.25, 0.3) is 0 Å². The van der Waals surface area contributed by atoms with Crippen LogP contribution in [0, 0.1) is 0 Å². The highest BCUT2D eigenvalue weighted by molar-refractivity contribution is 4.86.